The van der Waals surface area contributed by atoms with Crippen molar-refractivity contribution in [3.63, 3.8) is 0 Å². The van der Waals surface area contributed by atoms with Crippen molar-refractivity contribution in [2.45, 2.75) is 77.0 Å². The molecule has 0 saturated carbocycles. The smallest absolute Gasteiger partial charge is 0.201 e. The van der Waals surface area contributed by atoms with Crippen LogP contribution in [0.4, 0.5) is 0 Å². The largest absolute Gasteiger partial charge is 0.254 e. The lowest BCUT2D eigenvalue weighted by molar-refractivity contribution is -0.596. The third-order valence-electron chi connectivity index (χ3n) is 11.3. The maximum atomic E-state index is 2.43. The molecule has 53 heavy (non-hydrogen) atoms. The Labute approximate surface area is 317 Å². The molecule has 7 aromatic rings. The van der Waals surface area contributed by atoms with Crippen LogP contribution in [-0.4, -0.2) is 4.57 Å². The number of aromatic nitrogens is 2. The van der Waals surface area contributed by atoms with E-state index in [0.717, 1.165) is 25.7 Å². The molecule has 1 aromatic heterocycles. The topological polar surface area (TPSA) is 8.81 Å². The van der Waals surface area contributed by atoms with Gasteiger partial charge in [0.1, 0.15) is 23.8 Å². The van der Waals surface area contributed by atoms with Crippen LogP contribution in [0.25, 0.3) is 11.4 Å². The third kappa shape index (κ3) is 7.42. The number of benzene rings is 6. The molecule has 0 spiro atoms. The molecule has 0 fully saturated rings. The number of hydrogen-bond donors (Lipinski definition) is 0. The summed E-state index contributed by atoms with van der Waals surface area (Å²) in [5.74, 6) is 1.07. The molecule has 0 aliphatic heterocycles. The Morgan fingerprint density at radius 3 is 1.06 bits per heavy atom. The summed E-state index contributed by atoms with van der Waals surface area (Å²) in [4.78, 5) is 0. The summed E-state index contributed by atoms with van der Waals surface area (Å²) in [5, 5.41) is 0. The molecular formula is C51H53N2+. The van der Waals surface area contributed by atoms with E-state index in [-0.39, 0.29) is 23.7 Å². The Kier molecular flexibility index (Phi) is 11.5. The monoisotopic (exact) mass is 693 g/mol. The molecule has 0 saturated heterocycles. The van der Waals surface area contributed by atoms with Crippen molar-refractivity contribution < 1.29 is 4.57 Å². The van der Waals surface area contributed by atoms with Crippen LogP contribution in [0, 0.1) is 0 Å². The molecular weight excluding hydrogens is 641 g/mol. The predicted molar refractivity (Wildman–Crippen MR) is 222 cm³/mol. The zero-order valence-electron chi connectivity index (χ0n) is 31.8. The van der Waals surface area contributed by atoms with E-state index in [1.54, 1.807) is 0 Å². The van der Waals surface area contributed by atoms with E-state index in [1.807, 2.05) is 0 Å². The highest BCUT2D eigenvalue weighted by Crippen LogP contribution is 2.41. The van der Waals surface area contributed by atoms with Gasteiger partial charge in [0.25, 0.3) is 6.33 Å². The van der Waals surface area contributed by atoms with Crippen molar-refractivity contribution in [3.05, 3.63) is 221 Å². The molecule has 0 N–H and O–H groups in total. The van der Waals surface area contributed by atoms with Crippen LogP contribution in [-0.2, 0) is 0 Å². The average Bonchev–Trinajstić information content (AvgIpc) is 3.70. The second-order valence-corrected chi connectivity index (χ2v) is 14.3. The Morgan fingerprint density at radius 2 is 0.717 bits per heavy atom. The van der Waals surface area contributed by atoms with Gasteiger partial charge < -0.3 is 0 Å². The predicted octanol–water partition coefficient (Wildman–Crippen LogP) is 12.9. The molecule has 0 radical (unpaired) electrons. The van der Waals surface area contributed by atoms with Crippen LogP contribution < -0.4 is 4.57 Å². The second-order valence-electron chi connectivity index (χ2n) is 14.3. The SMILES string of the molecule is CCC(c1ccccc1)c1cccc(C(CC)c2ccccc2)c1-n1cc[n+](-c2c(C(CC)c3ccccc3)cccc2C(CC)c2ccccc2)c1. The lowest BCUT2D eigenvalue weighted by atomic mass is 9.82. The first-order chi connectivity index (χ1) is 26.2. The first-order valence-electron chi connectivity index (χ1n) is 19.7. The molecule has 4 atom stereocenters. The van der Waals surface area contributed by atoms with Gasteiger partial charge in [-0.3, -0.25) is 0 Å². The van der Waals surface area contributed by atoms with E-state index < -0.39 is 0 Å². The molecule has 2 nitrogen and oxygen atoms in total. The molecule has 0 bridgehead atoms. The molecule has 0 amide bonds. The minimum absolute atomic E-state index is 0.267. The van der Waals surface area contributed by atoms with E-state index in [4.69, 9.17) is 0 Å². The van der Waals surface area contributed by atoms with Crippen molar-refractivity contribution in [2.75, 3.05) is 0 Å². The van der Waals surface area contributed by atoms with Gasteiger partial charge in [-0.2, -0.15) is 0 Å². The standard InChI is InChI=1S/C51H53N2/c1-5-42(38-23-13-9-14-24-38)46-31-21-32-47(43(6-2)39-25-15-10-16-26-39)50(46)52-35-36-53(37-52)51-48(44(7-3)40-27-17-11-18-28-40)33-22-34-49(51)45(8-4)41-29-19-12-20-30-41/h9-37,42-45H,5-8H2,1-4H3/q+1. The van der Waals surface area contributed by atoms with Gasteiger partial charge in [-0.15, -0.1) is 0 Å². The molecule has 7 rings (SSSR count). The number of rotatable bonds is 14. The van der Waals surface area contributed by atoms with Gasteiger partial charge in [0.15, 0.2) is 0 Å². The summed E-state index contributed by atoms with van der Waals surface area (Å²) in [7, 11) is 0. The van der Waals surface area contributed by atoms with E-state index in [0.29, 0.717) is 0 Å². The third-order valence-corrected chi connectivity index (χ3v) is 11.3. The highest BCUT2D eigenvalue weighted by molar-refractivity contribution is 5.56. The van der Waals surface area contributed by atoms with E-state index >= 15 is 0 Å². The average molecular weight is 694 g/mol. The molecule has 4 unspecified atom stereocenters. The van der Waals surface area contributed by atoms with E-state index in [1.165, 1.54) is 55.9 Å². The normalized spacial score (nSPS) is 13.7. The summed E-state index contributed by atoms with van der Waals surface area (Å²) in [6.45, 7) is 9.29. The Hall–Kier alpha value is -5.47. The number of nitrogens with zero attached hydrogens (tertiary/aromatic N) is 2. The van der Waals surface area contributed by atoms with Gasteiger partial charge in [0.2, 0.25) is 0 Å². The van der Waals surface area contributed by atoms with Crippen LogP contribution in [0.5, 0.6) is 0 Å². The van der Waals surface area contributed by atoms with E-state index in [2.05, 4.69) is 213 Å². The van der Waals surface area contributed by atoms with E-state index in [9.17, 15) is 0 Å². The van der Waals surface area contributed by atoms with Gasteiger partial charge in [0, 0.05) is 45.9 Å². The van der Waals surface area contributed by atoms with Crippen LogP contribution >= 0.6 is 0 Å². The fourth-order valence-electron chi connectivity index (χ4n) is 8.78. The first-order valence-corrected chi connectivity index (χ1v) is 19.7. The highest BCUT2D eigenvalue weighted by Gasteiger charge is 2.30. The Bertz CT molecular complexity index is 1900. The van der Waals surface area contributed by atoms with Gasteiger partial charge in [0.05, 0.1) is 0 Å². The van der Waals surface area contributed by atoms with Crippen LogP contribution in [0.3, 0.4) is 0 Å². The minimum Gasteiger partial charge on any atom is -0.201 e. The van der Waals surface area contributed by atoms with Gasteiger partial charge in [-0.1, -0.05) is 185 Å². The van der Waals surface area contributed by atoms with Crippen molar-refractivity contribution in [3.8, 4) is 11.4 Å². The van der Waals surface area contributed by atoms with Gasteiger partial charge in [-0.05, 0) is 47.9 Å². The molecule has 0 aliphatic rings. The van der Waals surface area contributed by atoms with Crippen molar-refractivity contribution in [2.24, 2.45) is 0 Å². The molecule has 2 heteroatoms. The summed E-state index contributed by atoms with van der Waals surface area (Å²) in [6, 6.07) is 58.3. The summed E-state index contributed by atoms with van der Waals surface area (Å²) >= 11 is 0. The highest BCUT2D eigenvalue weighted by atomic mass is 15.1. The second kappa shape index (κ2) is 16.9. The minimum atomic E-state index is 0.267. The Morgan fingerprint density at radius 1 is 0.396 bits per heavy atom. The van der Waals surface area contributed by atoms with Crippen molar-refractivity contribution >= 4 is 0 Å². The van der Waals surface area contributed by atoms with Crippen LogP contribution in [0.1, 0.15) is 122 Å². The lowest BCUT2D eigenvalue weighted by Gasteiger charge is -2.24. The lowest BCUT2D eigenvalue weighted by Crippen LogP contribution is -2.33. The number of imidazole rings is 1. The first kappa shape index (κ1) is 35.9. The fraction of sp³-hybridized carbons (Fsp3) is 0.235. The Balaban J connectivity index is 1.47. The van der Waals surface area contributed by atoms with Gasteiger partial charge >= 0.3 is 0 Å². The molecule has 1 heterocycles. The van der Waals surface area contributed by atoms with Gasteiger partial charge in [-0.25, -0.2) is 9.13 Å². The number of para-hydroxylation sites is 2. The van der Waals surface area contributed by atoms with Crippen LogP contribution in [0.2, 0.25) is 0 Å². The number of hydrogen-bond acceptors (Lipinski definition) is 0. The maximum absolute atomic E-state index is 2.43. The fourth-order valence-corrected chi connectivity index (χ4v) is 8.78. The summed E-state index contributed by atoms with van der Waals surface area (Å²) in [5.41, 5.74) is 13.5. The molecule has 6 aromatic carbocycles. The molecule has 0 aliphatic carbocycles. The van der Waals surface area contributed by atoms with Crippen molar-refractivity contribution in [1.82, 2.24) is 4.57 Å². The zero-order chi connectivity index (χ0) is 36.6. The maximum Gasteiger partial charge on any atom is 0.254 e. The van der Waals surface area contributed by atoms with Crippen LogP contribution in [0.15, 0.2) is 176 Å². The van der Waals surface area contributed by atoms with Crippen molar-refractivity contribution in [1.29, 1.82) is 0 Å². The quantitative estimate of drug-likeness (QED) is 0.100. The zero-order valence-corrected chi connectivity index (χ0v) is 31.8. The molecule has 266 valence electrons. The summed E-state index contributed by atoms with van der Waals surface area (Å²) < 4.78 is 4.85. The summed E-state index contributed by atoms with van der Waals surface area (Å²) in [6.07, 6.45) is 11.0.